The lowest BCUT2D eigenvalue weighted by Crippen LogP contribution is -2.47. The van der Waals surface area contributed by atoms with Crippen molar-refractivity contribution in [1.82, 2.24) is 9.80 Å². The van der Waals surface area contributed by atoms with E-state index in [0.29, 0.717) is 24.6 Å². The first kappa shape index (κ1) is 20.0. The summed E-state index contributed by atoms with van der Waals surface area (Å²) < 4.78 is 11.4. The molecule has 156 valence electrons. The minimum Gasteiger partial charge on any atom is -0.485 e. The van der Waals surface area contributed by atoms with Gasteiger partial charge in [-0.25, -0.2) is 0 Å². The van der Waals surface area contributed by atoms with E-state index in [1.165, 1.54) is 6.08 Å². The molecule has 2 aromatic rings. The Morgan fingerprint density at radius 2 is 1.83 bits per heavy atom. The molecule has 2 aliphatic rings. The van der Waals surface area contributed by atoms with E-state index in [1.807, 2.05) is 47.4 Å². The first-order valence-electron chi connectivity index (χ1n) is 10.0. The van der Waals surface area contributed by atoms with Crippen LogP contribution in [0.25, 0.3) is 0 Å². The van der Waals surface area contributed by atoms with Gasteiger partial charge in [0.25, 0.3) is 5.91 Å². The van der Waals surface area contributed by atoms with E-state index in [0.717, 1.165) is 30.9 Å². The number of carbonyl (C=O) groups excluding carboxylic acids is 2. The molecule has 1 atom stereocenters. The molecule has 2 amide bonds. The summed E-state index contributed by atoms with van der Waals surface area (Å²) in [4.78, 5) is 28.4. The van der Waals surface area contributed by atoms with Crippen molar-refractivity contribution >= 4 is 17.5 Å². The van der Waals surface area contributed by atoms with Gasteiger partial charge in [-0.2, -0.15) is 0 Å². The molecule has 0 spiro atoms. The predicted octanol–water partition coefficient (Wildman–Crippen LogP) is 2.30. The Hall–Kier alpha value is -3.32. The second kappa shape index (κ2) is 9.00. The molecule has 2 aromatic carbocycles. The number of piperazine rings is 1. The third-order valence-electron chi connectivity index (χ3n) is 5.26. The smallest absolute Gasteiger partial charge is 0.269 e. The van der Waals surface area contributed by atoms with Crippen LogP contribution in [0, 0.1) is 0 Å². The number of amides is 2. The summed E-state index contributed by atoms with van der Waals surface area (Å²) in [6.45, 7) is 7.49. The van der Waals surface area contributed by atoms with E-state index < -0.39 is 6.10 Å². The van der Waals surface area contributed by atoms with Gasteiger partial charge in [-0.15, -0.1) is 0 Å². The quantitative estimate of drug-likeness (QED) is 0.770. The number of carbonyl (C=O) groups is 2. The summed E-state index contributed by atoms with van der Waals surface area (Å²) in [5.74, 6) is 0.972. The molecule has 1 unspecified atom stereocenters. The summed E-state index contributed by atoms with van der Waals surface area (Å²) in [7, 11) is 0. The number of rotatable bonds is 5. The van der Waals surface area contributed by atoms with Crippen molar-refractivity contribution in [2.24, 2.45) is 0 Å². The van der Waals surface area contributed by atoms with Crippen molar-refractivity contribution < 1.29 is 19.1 Å². The van der Waals surface area contributed by atoms with Crippen LogP contribution in [-0.2, 0) is 16.1 Å². The van der Waals surface area contributed by atoms with Gasteiger partial charge in [0.15, 0.2) is 11.5 Å². The van der Waals surface area contributed by atoms with E-state index in [4.69, 9.17) is 9.47 Å². The van der Waals surface area contributed by atoms with Gasteiger partial charge in [0, 0.05) is 38.4 Å². The van der Waals surface area contributed by atoms with Crippen LogP contribution in [0.2, 0.25) is 0 Å². The summed E-state index contributed by atoms with van der Waals surface area (Å²) in [5.41, 5.74) is 1.82. The number of nitrogens with zero attached hydrogens (tertiary/aromatic N) is 2. The molecule has 1 fully saturated rings. The molecule has 1 N–H and O–H groups in total. The van der Waals surface area contributed by atoms with Gasteiger partial charge < -0.3 is 19.7 Å². The molecule has 7 nitrogen and oxygen atoms in total. The Kier molecular flexibility index (Phi) is 5.99. The third kappa shape index (κ3) is 4.63. The maximum atomic E-state index is 12.6. The van der Waals surface area contributed by atoms with E-state index in [2.05, 4.69) is 16.8 Å². The largest absolute Gasteiger partial charge is 0.485 e. The molecule has 0 saturated carbocycles. The number of ether oxygens (including phenoxy) is 2. The molecule has 2 aliphatic heterocycles. The summed E-state index contributed by atoms with van der Waals surface area (Å²) >= 11 is 0. The fourth-order valence-electron chi connectivity index (χ4n) is 3.63. The van der Waals surface area contributed by atoms with Crippen LogP contribution in [0.3, 0.4) is 0 Å². The Bertz CT molecular complexity index is 938. The fourth-order valence-corrected chi connectivity index (χ4v) is 3.63. The average molecular weight is 407 g/mol. The van der Waals surface area contributed by atoms with Gasteiger partial charge in [0.2, 0.25) is 12.0 Å². The minimum absolute atomic E-state index is 0.0177. The van der Waals surface area contributed by atoms with Crippen molar-refractivity contribution in [3.63, 3.8) is 0 Å². The topological polar surface area (TPSA) is 71.1 Å². The van der Waals surface area contributed by atoms with Gasteiger partial charge in [-0.05, 0) is 35.9 Å². The van der Waals surface area contributed by atoms with Crippen LogP contribution in [0.5, 0.6) is 11.5 Å². The molecular weight excluding hydrogens is 382 g/mol. The van der Waals surface area contributed by atoms with E-state index in [9.17, 15) is 9.59 Å². The molecule has 0 aromatic heterocycles. The van der Waals surface area contributed by atoms with Gasteiger partial charge in [-0.1, -0.05) is 30.8 Å². The summed E-state index contributed by atoms with van der Waals surface area (Å²) in [6, 6.07) is 15.1. The normalized spacial score (nSPS) is 18.5. The van der Waals surface area contributed by atoms with E-state index >= 15 is 0 Å². The first-order valence-corrected chi connectivity index (χ1v) is 10.0. The Morgan fingerprint density at radius 3 is 2.60 bits per heavy atom. The Balaban J connectivity index is 1.32. The number of hydrogen-bond acceptors (Lipinski definition) is 5. The van der Waals surface area contributed by atoms with Crippen LogP contribution in [-0.4, -0.2) is 60.5 Å². The zero-order valence-corrected chi connectivity index (χ0v) is 16.8. The average Bonchev–Trinajstić information content (AvgIpc) is 2.79. The second-order valence-corrected chi connectivity index (χ2v) is 7.36. The SMILES string of the molecule is C=CC(=O)N1CCN(Cc2cccc(NC(=O)C3COc4ccccc4O3)c2)CC1. The van der Waals surface area contributed by atoms with E-state index in [-0.39, 0.29) is 18.4 Å². The highest BCUT2D eigenvalue weighted by Crippen LogP contribution is 2.31. The molecule has 0 radical (unpaired) electrons. The van der Waals surface area contributed by atoms with Crippen LogP contribution in [0.1, 0.15) is 5.56 Å². The number of anilines is 1. The van der Waals surface area contributed by atoms with Crippen LogP contribution >= 0.6 is 0 Å². The van der Waals surface area contributed by atoms with Crippen molar-refractivity contribution in [3.05, 3.63) is 66.7 Å². The van der Waals surface area contributed by atoms with E-state index in [1.54, 1.807) is 6.07 Å². The number of fused-ring (bicyclic) bond motifs is 1. The number of para-hydroxylation sites is 2. The van der Waals surface area contributed by atoms with Crippen molar-refractivity contribution in [1.29, 1.82) is 0 Å². The summed E-state index contributed by atoms with van der Waals surface area (Å²) in [5, 5.41) is 2.92. The second-order valence-electron chi connectivity index (χ2n) is 7.36. The lowest BCUT2D eigenvalue weighted by Gasteiger charge is -2.34. The molecule has 0 aliphatic carbocycles. The van der Waals surface area contributed by atoms with Crippen molar-refractivity contribution in [3.8, 4) is 11.5 Å². The molecule has 7 heteroatoms. The molecule has 1 saturated heterocycles. The zero-order chi connectivity index (χ0) is 20.9. The monoisotopic (exact) mass is 407 g/mol. The fraction of sp³-hybridized carbons (Fsp3) is 0.304. The minimum atomic E-state index is -0.695. The molecule has 2 heterocycles. The van der Waals surface area contributed by atoms with Crippen LogP contribution in [0.15, 0.2) is 61.2 Å². The van der Waals surface area contributed by atoms with Crippen LogP contribution in [0.4, 0.5) is 5.69 Å². The summed E-state index contributed by atoms with van der Waals surface area (Å²) in [6.07, 6.45) is 0.667. The van der Waals surface area contributed by atoms with Crippen molar-refractivity contribution in [2.75, 3.05) is 38.1 Å². The van der Waals surface area contributed by atoms with Gasteiger partial charge >= 0.3 is 0 Å². The first-order chi connectivity index (χ1) is 14.6. The highest BCUT2D eigenvalue weighted by atomic mass is 16.6. The third-order valence-corrected chi connectivity index (χ3v) is 5.26. The molecule has 30 heavy (non-hydrogen) atoms. The van der Waals surface area contributed by atoms with Crippen LogP contribution < -0.4 is 14.8 Å². The van der Waals surface area contributed by atoms with Gasteiger partial charge in [0.05, 0.1) is 0 Å². The maximum absolute atomic E-state index is 12.6. The maximum Gasteiger partial charge on any atom is 0.269 e. The van der Waals surface area contributed by atoms with Gasteiger partial charge in [-0.3, -0.25) is 14.5 Å². The Morgan fingerprint density at radius 1 is 1.07 bits per heavy atom. The highest BCUT2D eigenvalue weighted by molar-refractivity contribution is 5.94. The molecular formula is C23H25N3O4. The Labute approximate surface area is 175 Å². The number of hydrogen-bond donors (Lipinski definition) is 1. The number of nitrogens with one attached hydrogen (secondary N) is 1. The molecule has 4 rings (SSSR count). The molecule has 0 bridgehead atoms. The predicted molar refractivity (Wildman–Crippen MR) is 113 cm³/mol. The lowest BCUT2D eigenvalue weighted by atomic mass is 10.1. The zero-order valence-electron chi connectivity index (χ0n) is 16.8. The van der Waals surface area contributed by atoms with Crippen molar-refractivity contribution in [2.45, 2.75) is 12.6 Å². The number of benzene rings is 2. The standard InChI is InChI=1S/C23H25N3O4/c1-2-22(27)26-12-10-25(11-13-26)15-17-6-5-7-18(14-17)24-23(28)21-16-29-19-8-3-4-9-20(19)30-21/h2-9,14,21H,1,10-13,15-16H2,(H,24,28). The highest BCUT2D eigenvalue weighted by Gasteiger charge is 2.27. The van der Waals surface area contributed by atoms with Gasteiger partial charge in [0.1, 0.15) is 6.61 Å². The lowest BCUT2D eigenvalue weighted by molar-refractivity contribution is -0.127.